The molecule has 0 bridgehead atoms. The molecule has 0 radical (unpaired) electrons. The molecule has 2 heterocycles. The Kier molecular flexibility index (Phi) is 5.71. The van der Waals surface area contributed by atoms with Crippen molar-refractivity contribution in [2.75, 3.05) is 37.6 Å². The normalized spacial score (nSPS) is 17.0. The number of piperazine rings is 1. The van der Waals surface area contributed by atoms with E-state index in [0.29, 0.717) is 6.54 Å². The van der Waals surface area contributed by atoms with Crippen molar-refractivity contribution in [3.63, 3.8) is 0 Å². The first-order valence-electron chi connectivity index (χ1n) is 9.05. The van der Waals surface area contributed by atoms with Gasteiger partial charge < -0.3 is 15.1 Å². The molecule has 1 saturated heterocycles. The molecule has 0 amide bonds. The van der Waals surface area contributed by atoms with Gasteiger partial charge in [-0.25, -0.2) is 4.39 Å². The summed E-state index contributed by atoms with van der Waals surface area (Å²) < 4.78 is 15.8. The van der Waals surface area contributed by atoms with Gasteiger partial charge in [0.2, 0.25) is 0 Å². The number of rotatable bonds is 6. The molecule has 25 heavy (non-hydrogen) atoms. The highest BCUT2D eigenvalue weighted by atomic mass is 19.1. The molecule has 1 aliphatic rings. The topological polar surface area (TPSA) is 36.3 Å². The van der Waals surface area contributed by atoms with Crippen LogP contribution in [0.2, 0.25) is 0 Å². The van der Waals surface area contributed by atoms with E-state index in [0.717, 1.165) is 49.7 Å². The van der Waals surface area contributed by atoms with Crippen molar-refractivity contribution in [2.24, 2.45) is 7.05 Å². The summed E-state index contributed by atoms with van der Waals surface area (Å²) >= 11 is 0. The molecular formula is C19H28FN5. The van der Waals surface area contributed by atoms with Crippen LogP contribution in [0, 0.1) is 5.82 Å². The maximum atomic E-state index is 13.9. The molecule has 0 spiro atoms. The van der Waals surface area contributed by atoms with Crippen LogP contribution in [0.1, 0.15) is 31.1 Å². The summed E-state index contributed by atoms with van der Waals surface area (Å²) in [5.74, 6) is -0.180. The van der Waals surface area contributed by atoms with Gasteiger partial charge in [0.25, 0.3) is 0 Å². The Balaban J connectivity index is 1.73. The van der Waals surface area contributed by atoms with Crippen LogP contribution in [0.3, 0.4) is 0 Å². The van der Waals surface area contributed by atoms with Crippen LogP contribution in [0.4, 0.5) is 10.1 Å². The quantitative estimate of drug-likeness (QED) is 0.873. The average Bonchev–Trinajstić information content (AvgIpc) is 3.04. The highest BCUT2D eigenvalue weighted by molar-refractivity contribution is 5.55. The predicted molar refractivity (Wildman–Crippen MR) is 99.2 cm³/mol. The molecule has 1 aromatic heterocycles. The minimum atomic E-state index is -0.180. The van der Waals surface area contributed by atoms with Crippen LogP contribution in [-0.4, -0.2) is 47.4 Å². The van der Waals surface area contributed by atoms with Gasteiger partial charge in [0.05, 0.1) is 5.69 Å². The highest BCUT2D eigenvalue weighted by Gasteiger charge is 2.21. The first-order valence-corrected chi connectivity index (χ1v) is 9.05. The molecular weight excluding hydrogens is 317 g/mol. The van der Waals surface area contributed by atoms with Crippen LogP contribution in [0.5, 0.6) is 0 Å². The first-order chi connectivity index (χ1) is 12.1. The Hall–Kier alpha value is -1.92. The summed E-state index contributed by atoms with van der Waals surface area (Å²) in [5.41, 5.74) is 3.27. The fourth-order valence-corrected chi connectivity index (χ4v) is 3.41. The van der Waals surface area contributed by atoms with Gasteiger partial charge in [-0.1, -0.05) is 6.92 Å². The second-order valence-corrected chi connectivity index (χ2v) is 6.67. The lowest BCUT2D eigenvalue weighted by atomic mass is 10.0. The summed E-state index contributed by atoms with van der Waals surface area (Å²) in [6, 6.07) is 7.22. The van der Waals surface area contributed by atoms with Crippen LogP contribution >= 0.6 is 0 Å². The van der Waals surface area contributed by atoms with Crippen LogP contribution in [0.25, 0.3) is 0 Å². The van der Waals surface area contributed by atoms with E-state index in [1.54, 1.807) is 18.3 Å². The third-order valence-corrected chi connectivity index (χ3v) is 5.13. The molecule has 2 aromatic rings. The Bertz CT molecular complexity index is 691. The number of benzene rings is 1. The van der Waals surface area contributed by atoms with E-state index in [-0.39, 0.29) is 11.9 Å². The minimum absolute atomic E-state index is 0.0600. The minimum Gasteiger partial charge on any atom is -0.369 e. The van der Waals surface area contributed by atoms with Gasteiger partial charge in [-0.3, -0.25) is 4.68 Å². The van der Waals surface area contributed by atoms with E-state index in [1.807, 2.05) is 23.9 Å². The number of likely N-dealkylation sites (N-methyl/N-ethyl adjacent to an activating group) is 1. The Morgan fingerprint density at radius 1 is 1.20 bits per heavy atom. The van der Waals surface area contributed by atoms with Crippen LogP contribution in [-0.2, 0) is 13.6 Å². The number of anilines is 1. The van der Waals surface area contributed by atoms with Crippen molar-refractivity contribution in [1.82, 2.24) is 20.0 Å². The maximum absolute atomic E-state index is 13.9. The van der Waals surface area contributed by atoms with Crippen molar-refractivity contribution in [3.8, 4) is 0 Å². The van der Waals surface area contributed by atoms with Gasteiger partial charge >= 0.3 is 0 Å². The fraction of sp³-hybridized carbons (Fsp3) is 0.526. The van der Waals surface area contributed by atoms with Gasteiger partial charge in [0.15, 0.2) is 0 Å². The average molecular weight is 345 g/mol. The van der Waals surface area contributed by atoms with E-state index in [4.69, 9.17) is 0 Å². The molecule has 1 aliphatic heterocycles. The summed E-state index contributed by atoms with van der Waals surface area (Å²) in [4.78, 5) is 4.83. The number of nitrogens with one attached hydrogen (secondary N) is 1. The molecule has 136 valence electrons. The number of aromatic nitrogens is 2. The number of halogens is 1. The molecule has 5 nitrogen and oxygen atoms in total. The van der Waals surface area contributed by atoms with Gasteiger partial charge in [-0.15, -0.1) is 0 Å². The number of aryl methyl sites for hydroxylation is 1. The SMILES string of the molecule is CCN1CCN(c2ccc(F)cc2[C@@H](C)NCc2ccnn2C)CC1. The zero-order valence-electron chi connectivity index (χ0n) is 15.4. The number of hydrogen-bond acceptors (Lipinski definition) is 4. The summed E-state index contributed by atoms with van der Waals surface area (Å²) in [7, 11) is 1.93. The van der Waals surface area contributed by atoms with Crippen molar-refractivity contribution < 1.29 is 4.39 Å². The predicted octanol–water partition coefficient (Wildman–Crippen LogP) is 2.55. The highest BCUT2D eigenvalue weighted by Crippen LogP contribution is 2.28. The lowest BCUT2D eigenvalue weighted by molar-refractivity contribution is 0.271. The molecule has 0 aliphatic carbocycles. The second kappa shape index (κ2) is 7.97. The van der Waals surface area contributed by atoms with Crippen LogP contribution in [0.15, 0.2) is 30.5 Å². The smallest absolute Gasteiger partial charge is 0.123 e. The third-order valence-electron chi connectivity index (χ3n) is 5.13. The van der Waals surface area contributed by atoms with Crippen molar-refractivity contribution in [1.29, 1.82) is 0 Å². The van der Waals surface area contributed by atoms with E-state index in [1.165, 1.54) is 0 Å². The molecule has 1 fully saturated rings. The Morgan fingerprint density at radius 3 is 2.60 bits per heavy atom. The van der Waals surface area contributed by atoms with Crippen molar-refractivity contribution in [3.05, 3.63) is 47.5 Å². The van der Waals surface area contributed by atoms with E-state index in [9.17, 15) is 4.39 Å². The molecule has 0 unspecified atom stereocenters. The summed E-state index contributed by atoms with van der Waals surface area (Å²) in [5, 5.41) is 7.70. The van der Waals surface area contributed by atoms with E-state index < -0.39 is 0 Å². The van der Waals surface area contributed by atoms with E-state index >= 15 is 0 Å². The van der Waals surface area contributed by atoms with Gasteiger partial charge in [0, 0.05) is 57.7 Å². The lowest BCUT2D eigenvalue weighted by Crippen LogP contribution is -2.46. The second-order valence-electron chi connectivity index (χ2n) is 6.67. The largest absolute Gasteiger partial charge is 0.369 e. The number of hydrogen-bond donors (Lipinski definition) is 1. The van der Waals surface area contributed by atoms with Crippen molar-refractivity contribution in [2.45, 2.75) is 26.4 Å². The molecule has 1 N–H and O–H groups in total. The van der Waals surface area contributed by atoms with Gasteiger partial charge in [-0.2, -0.15) is 5.10 Å². The third kappa shape index (κ3) is 4.19. The molecule has 3 rings (SSSR count). The Labute approximate surface area is 149 Å². The molecule has 1 atom stereocenters. The summed E-state index contributed by atoms with van der Waals surface area (Å²) in [6.45, 7) is 10.2. The molecule has 0 saturated carbocycles. The zero-order chi connectivity index (χ0) is 17.8. The van der Waals surface area contributed by atoms with Gasteiger partial charge in [-0.05, 0) is 43.3 Å². The summed E-state index contributed by atoms with van der Waals surface area (Å²) in [6.07, 6.45) is 1.79. The Morgan fingerprint density at radius 2 is 1.96 bits per heavy atom. The van der Waals surface area contributed by atoms with Gasteiger partial charge in [0.1, 0.15) is 5.82 Å². The standard InChI is InChI=1S/C19H28FN5/c1-4-24-9-11-25(12-10-24)19-6-5-16(20)13-18(19)15(2)21-14-17-7-8-22-23(17)3/h5-8,13,15,21H,4,9-12,14H2,1-3H3/t15-/m1/s1. The maximum Gasteiger partial charge on any atom is 0.123 e. The fourth-order valence-electron chi connectivity index (χ4n) is 3.41. The van der Waals surface area contributed by atoms with E-state index in [2.05, 4.69) is 34.1 Å². The first kappa shape index (κ1) is 17.9. The zero-order valence-corrected chi connectivity index (χ0v) is 15.4. The number of nitrogens with zero attached hydrogens (tertiary/aromatic N) is 4. The van der Waals surface area contributed by atoms with Crippen molar-refractivity contribution >= 4 is 5.69 Å². The molecule has 6 heteroatoms. The van der Waals surface area contributed by atoms with Crippen LogP contribution < -0.4 is 10.2 Å². The lowest BCUT2D eigenvalue weighted by Gasteiger charge is -2.37. The monoisotopic (exact) mass is 345 g/mol. The molecule has 1 aromatic carbocycles.